The molecule has 0 aliphatic carbocycles. The van der Waals surface area contributed by atoms with Crippen molar-refractivity contribution in [2.45, 2.75) is 26.0 Å². The molecule has 0 atom stereocenters. The van der Waals surface area contributed by atoms with Crippen LogP contribution in [0.5, 0.6) is 0 Å². The molecule has 7 nitrogen and oxygen atoms in total. The lowest BCUT2D eigenvalue weighted by molar-refractivity contribution is 0.285. The molecule has 0 unspecified atom stereocenters. The quantitative estimate of drug-likeness (QED) is 0.720. The second-order valence-electron chi connectivity index (χ2n) is 5.54. The molecule has 0 saturated carbocycles. The number of rotatable bonds is 5. The number of halogens is 1. The van der Waals surface area contributed by atoms with E-state index < -0.39 is 5.54 Å². The van der Waals surface area contributed by atoms with Crippen molar-refractivity contribution in [1.82, 2.24) is 25.1 Å². The van der Waals surface area contributed by atoms with E-state index in [0.29, 0.717) is 27.4 Å². The Balaban J connectivity index is 1.80. The SMILES string of the molecule is CC(C)(Nc1ncc(-c2ncc(CO)s2)nn1)c1ncccc1Cl. The molecule has 0 aromatic carbocycles. The van der Waals surface area contributed by atoms with E-state index in [4.69, 9.17) is 16.7 Å². The molecule has 2 N–H and O–H groups in total. The summed E-state index contributed by atoms with van der Waals surface area (Å²) in [5.74, 6) is 0.365. The Morgan fingerprint density at radius 1 is 1.21 bits per heavy atom. The largest absolute Gasteiger partial charge is 0.391 e. The molecule has 3 aromatic heterocycles. The highest BCUT2D eigenvalue weighted by Gasteiger charge is 2.25. The second-order valence-corrected chi connectivity index (χ2v) is 7.06. The lowest BCUT2D eigenvalue weighted by Crippen LogP contribution is -2.30. The minimum atomic E-state index is -0.563. The Hall–Kier alpha value is -2.16. The molecule has 0 radical (unpaired) electrons. The first kappa shape index (κ1) is 16.7. The third kappa shape index (κ3) is 3.50. The molecule has 0 saturated heterocycles. The summed E-state index contributed by atoms with van der Waals surface area (Å²) in [4.78, 5) is 13.6. The summed E-state index contributed by atoms with van der Waals surface area (Å²) in [7, 11) is 0. The number of hydrogen-bond donors (Lipinski definition) is 2. The number of pyridine rings is 1. The third-order valence-corrected chi connectivity index (χ3v) is 4.57. The van der Waals surface area contributed by atoms with Crippen molar-refractivity contribution in [3.05, 3.63) is 46.3 Å². The zero-order valence-corrected chi connectivity index (χ0v) is 14.6. The second kappa shape index (κ2) is 6.76. The molecule has 3 aromatic rings. The zero-order valence-electron chi connectivity index (χ0n) is 13.1. The van der Waals surface area contributed by atoms with Crippen molar-refractivity contribution in [2.24, 2.45) is 0 Å². The van der Waals surface area contributed by atoms with Crippen LogP contribution in [-0.4, -0.2) is 30.3 Å². The van der Waals surface area contributed by atoms with E-state index in [1.165, 1.54) is 11.3 Å². The molecule has 24 heavy (non-hydrogen) atoms. The van der Waals surface area contributed by atoms with Gasteiger partial charge in [-0.2, -0.15) is 0 Å². The van der Waals surface area contributed by atoms with Crippen LogP contribution in [0.4, 0.5) is 5.95 Å². The summed E-state index contributed by atoms with van der Waals surface area (Å²) in [6, 6.07) is 3.57. The first-order valence-corrected chi connectivity index (χ1v) is 8.34. The summed E-state index contributed by atoms with van der Waals surface area (Å²) in [6.07, 6.45) is 4.89. The average Bonchev–Trinajstić information content (AvgIpc) is 3.04. The number of hydrogen-bond acceptors (Lipinski definition) is 8. The normalized spacial score (nSPS) is 11.5. The number of nitrogens with one attached hydrogen (secondary N) is 1. The van der Waals surface area contributed by atoms with E-state index in [2.05, 4.69) is 30.5 Å². The number of thiazole rings is 1. The Labute approximate surface area is 147 Å². The van der Waals surface area contributed by atoms with Gasteiger partial charge in [-0.1, -0.05) is 11.6 Å². The lowest BCUT2D eigenvalue weighted by Gasteiger charge is -2.26. The predicted molar refractivity (Wildman–Crippen MR) is 92.8 cm³/mol. The van der Waals surface area contributed by atoms with Crippen molar-refractivity contribution in [2.75, 3.05) is 5.32 Å². The molecule has 3 heterocycles. The topological polar surface area (TPSA) is 96.7 Å². The Morgan fingerprint density at radius 3 is 2.67 bits per heavy atom. The Morgan fingerprint density at radius 2 is 2.04 bits per heavy atom. The van der Waals surface area contributed by atoms with Gasteiger partial charge in [-0.15, -0.1) is 21.5 Å². The third-order valence-electron chi connectivity index (χ3n) is 3.26. The molecule has 0 fully saturated rings. The van der Waals surface area contributed by atoms with Gasteiger partial charge in [0.2, 0.25) is 5.95 Å². The fourth-order valence-corrected chi connectivity index (χ4v) is 3.19. The zero-order chi connectivity index (χ0) is 17.2. The molecule has 0 spiro atoms. The van der Waals surface area contributed by atoms with Crippen LogP contribution in [0.15, 0.2) is 30.7 Å². The predicted octanol–water partition coefficient (Wildman–Crippen LogP) is 2.88. The number of aromatic nitrogens is 5. The molecule has 0 bridgehead atoms. The van der Waals surface area contributed by atoms with E-state index in [0.717, 1.165) is 4.88 Å². The molecule has 3 rings (SSSR count). The fraction of sp³-hybridized carbons (Fsp3) is 0.267. The molecular formula is C15H15ClN6OS. The van der Waals surface area contributed by atoms with Crippen molar-refractivity contribution in [3.63, 3.8) is 0 Å². The monoisotopic (exact) mass is 362 g/mol. The van der Waals surface area contributed by atoms with Gasteiger partial charge in [0, 0.05) is 12.4 Å². The van der Waals surface area contributed by atoms with Gasteiger partial charge >= 0.3 is 0 Å². The van der Waals surface area contributed by atoms with E-state index in [9.17, 15) is 0 Å². The van der Waals surface area contributed by atoms with Crippen LogP contribution in [-0.2, 0) is 12.1 Å². The first-order valence-electron chi connectivity index (χ1n) is 7.14. The van der Waals surface area contributed by atoms with E-state index in [-0.39, 0.29) is 6.61 Å². The summed E-state index contributed by atoms with van der Waals surface area (Å²) in [5, 5.41) is 21.7. The van der Waals surface area contributed by atoms with Gasteiger partial charge in [-0.25, -0.2) is 9.97 Å². The number of aliphatic hydroxyl groups excluding tert-OH is 1. The number of aliphatic hydroxyl groups is 1. The molecule has 0 aliphatic heterocycles. The molecule has 124 valence electrons. The standard InChI is InChI=1S/C15H15ClN6OS/c1-15(2,12-10(16)4-3-5-17-12)20-14-19-7-11(21-22-14)13-18-6-9(8-23)24-13/h3-7,23H,8H2,1-2H3,(H,19,20,22). The Kier molecular flexibility index (Phi) is 4.70. The average molecular weight is 363 g/mol. The maximum absolute atomic E-state index is 9.09. The summed E-state index contributed by atoms with van der Waals surface area (Å²) < 4.78 is 0. The molecular weight excluding hydrogens is 348 g/mol. The van der Waals surface area contributed by atoms with Crippen molar-refractivity contribution in [3.8, 4) is 10.7 Å². The molecule has 0 aliphatic rings. The summed E-state index contributed by atoms with van der Waals surface area (Å²) in [6.45, 7) is 3.83. The lowest BCUT2D eigenvalue weighted by atomic mass is 10.00. The van der Waals surface area contributed by atoms with Crippen LogP contribution in [0.2, 0.25) is 5.02 Å². The van der Waals surface area contributed by atoms with Gasteiger partial charge in [0.1, 0.15) is 10.7 Å². The fourth-order valence-electron chi connectivity index (χ4n) is 2.11. The van der Waals surface area contributed by atoms with Gasteiger partial charge in [-0.05, 0) is 26.0 Å². The minimum absolute atomic E-state index is 0.0445. The van der Waals surface area contributed by atoms with Gasteiger partial charge < -0.3 is 10.4 Å². The first-order chi connectivity index (χ1) is 11.5. The summed E-state index contributed by atoms with van der Waals surface area (Å²) >= 11 is 7.56. The molecule has 0 amide bonds. The number of anilines is 1. The van der Waals surface area contributed by atoms with Crippen LogP contribution >= 0.6 is 22.9 Å². The van der Waals surface area contributed by atoms with Crippen LogP contribution < -0.4 is 5.32 Å². The van der Waals surface area contributed by atoms with Crippen LogP contribution in [0.25, 0.3) is 10.7 Å². The van der Waals surface area contributed by atoms with Crippen molar-refractivity contribution < 1.29 is 5.11 Å². The van der Waals surface area contributed by atoms with Crippen LogP contribution in [0, 0.1) is 0 Å². The Bertz CT molecular complexity index is 836. The molecule has 9 heteroatoms. The maximum Gasteiger partial charge on any atom is 0.243 e. The van der Waals surface area contributed by atoms with Gasteiger partial charge in [0.25, 0.3) is 0 Å². The van der Waals surface area contributed by atoms with E-state index >= 15 is 0 Å². The highest BCUT2D eigenvalue weighted by atomic mass is 35.5. The van der Waals surface area contributed by atoms with E-state index in [1.54, 1.807) is 30.7 Å². The highest BCUT2D eigenvalue weighted by Crippen LogP contribution is 2.28. The van der Waals surface area contributed by atoms with Gasteiger partial charge in [0.05, 0.1) is 33.9 Å². The summed E-state index contributed by atoms with van der Waals surface area (Å²) in [5.41, 5.74) is 0.693. The van der Waals surface area contributed by atoms with Gasteiger partial charge in [-0.3, -0.25) is 4.98 Å². The van der Waals surface area contributed by atoms with E-state index in [1.807, 2.05) is 13.8 Å². The van der Waals surface area contributed by atoms with Crippen molar-refractivity contribution in [1.29, 1.82) is 0 Å². The van der Waals surface area contributed by atoms with Crippen LogP contribution in [0.3, 0.4) is 0 Å². The maximum atomic E-state index is 9.09. The highest BCUT2D eigenvalue weighted by molar-refractivity contribution is 7.14. The van der Waals surface area contributed by atoms with Crippen molar-refractivity contribution >= 4 is 28.9 Å². The minimum Gasteiger partial charge on any atom is -0.391 e. The van der Waals surface area contributed by atoms with Gasteiger partial charge in [0.15, 0.2) is 0 Å². The van der Waals surface area contributed by atoms with Crippen LogP contribution in [0.1, 0.15) is 24.4 Å². The number of nitrogens with zero attached hydrogens (tertiary/aromatic N) is 5. The smallest absolute Gasteiger partial charge is 0.243 e.